The zero-order chi connectivity index (χ0) is 14.5. The Labute approximate surface area is 134 Å². The van der Waals surface area contributed by atoms with Crippen molar-refractivity contribution >= 4 is 31.9 Å². The van der Waals surface area contributed by atoms with Crippen molar-refractivity contribution in [2.24, 2.45) is 0 Å². The molecule has 0 saturated heterocycles. The van der Waals surface area contributed by atoms with E-state index in [9.17, 15) is 0 Å². The van der Waals surface area contributed by atoms with E-state index in [1.807, 2.05) is 24.3 Å². The molecule has 0 amide bonds. The molecule has 0 spiro atoms. The van der Waals surface area contributed by atoms with Crippen LogP contribution in [0.25, 0.3) is 0 Å². The summed E-state index contributed by atoms with van der Waals surface area (Å²) in [4.78, 5) is 0. The van der Waals surface area contributed by atoms with Crippen LogP contribution in [-0.2, 0) is 6.61 Å². The monoisotopic (exact) mass is 395 g/mol. The number of hydrogen-bond acceptors (Lipinski definition) is 3. The standard InChI is InChI=1S/C15H11Br2NO2/c1-19-15-4-2-10(6-13(15)17)9-20-14-5-3-12(16)7-11(14)8-18/h2-7H,9H2,1H3. The maximum absolute atomic E-state index is 9.08. The molecule has 0 radical (unpaired) electrons. The zero-order valence-electron chi connectivity index (χ0n) is 10.7. The summed E-state index contributed by atoms with van der Waals surface area (Å²) in [5, 5.41) is 9.08. The predicted molar refractivity (Wildman–Crippen MR) is 83.9 cm³/mol. The third-order valence-corrected chi connectivity index (χ3v) is 3.79. The maximum Gasteiger partial charge on any atom is 0.137 e. The molecule has 102 valence electrons. The lowest BCUT2D eigenvalue weighted by Crippen LogP contribution is -1.98. The van der Waals surface area contributed by atoms with Gasteiger partial charge in [0, 0.05) is 4.47 Å². The molecule has 20 heavy (non-hydrogen) atoms. The highest BCUT2D eigenvalue weighted by Gasteiger charge is 2.06. The van der Waals surface area contributed by atoms with Crippen molar-refractivity contribution in [3.63, 3.8) is 0 Å². The Kier molecular flexibility index (Phi) is 5.05. The average Bonchev–Trinajstić information content (AvgIpc) is 2.46. The Balaban J connectivity index is 2.13. The molecule has 3 nitrogen and oxygen atoms in total. The molecule has 2 rings (SSSR count). The number of nitrogens with zero attached hydrogens (tertiary/aromatic N) is 1. The Morgan fingerprint density at radius 1 is 1.10 bits per heavy atom. The molecule has 0 atom stereocenters. The van der Waals surface area contributed by atoms with Crippen LogP contribution in [0, 0.1) is 11.3 Å². The Hall–Kier alpha value is -1.51. The molecule has 0 N–H and O–H groups in total. The molecule has 0 aliphatic heterocycles. The quantitative estimate of drug-likeness (QED) is 0.753. The van der Waals surface area contributed by atoms with Gasteiger partial charge in [0.05, 0.1) is 17.1 Å². The maximum atomic E-state index is 9.08. The first-order chi connectivity index (χ1) is 9.63. The predicted octanol–water partition coefficient (Wildman–Crippen LogP) is 4.67. The smallest absolute Gasteiger partial charge is 0.137 e. The second kappa shape index (κ2) is 6.78. The average molecular weight is 397 g/mol. The van der Waals surface area contributed by atoms with Crippen LogP contribution in [0.5, 0.6) is 11.5 Å². The van der Waals surface area contributed by atoms with Crippen molar-refractivity contribution in [2.75, 3.05) is 7.11 Å². The van der Waals surface area contributed by atoms with E-state index in [1.165, 1.54) is 0 Å². The lowest BCUT2D eigenvalue weighted by atomic mass is 10.2. The van der Waals surface area contributed by atoms with E-state index in [1.54, 1.807) is 19.2 Å². The van der Waals surface area contributed by atoms with Crippen molar-refractivity contribution in [3.05, 3.63) is 56.5 Å². The molecule has 0 unspecified atom stereocenters. The van der Waals surface area contributed by atoms with Crippen LogP contribution in [-0.4, -0.2) is 7.11 Å². The van der Waals surface area contributed by atoms with E-state index in [0.29, 0.717) is 17.9 Å². The molecular weight excluding hydrogens is 386 g/mol. The molecule has 0 bridgehead atoms. The number of rotatable bonds is 4. The van der Waals surface area contributed by atoms with Crippen molar-refractivity contribution in [1.82, 2.24) is 0 Å². The number of ether oxygens (including phenoxy) is 2. The van der Waals surface area contributed by atoms with Gasteiger partial charge in [0.2, 0.25) is 0 Å². The highest BCUT2D eigenvalue weighted by molar-refractivity contribution is 9.10. The first-order valence-corrected chi connectivity index (χ1v) is 7.37. The lowest BCUT2D eigenvalue weighted by Gasteiger charge is -2.10. The van der Waals surface area contributed by atoms with Crippen LogP contribution in [0.1, 0.15) is 11.1 Å². The van der Waals surface area contributed by atoms with E-state index in [2.05, 4.69) is 37.9 Å². The second-order valence-electron chi connectivity index (χ2n) is 4.01. The number of nitriles is 1. The molecule has 0 aliphatic carbocycles. The molecular formula is C15H11Br2NO2. The Bertz CT molecular complexity index is 665. The summed E-state index contributed by atoms with van der Waals surface area (Å²) in [6, 6.07) is 13.2. The number of halogens is 2. The summed E-state index contributed by atoms with van der Waals surface area (Å²) in [6.45, 7) is 0.388. The fraction of sp³-hybridized carbons (Fsp3) is 0.133. The zero-order valence-corrected chi connectivity index (χ0v) is 13.9. The van der Waals surface area contributed by atoms with E-state index >= 15 is 0 Å². The van der Waals surface area contributed by atoms with E-state index in [0.717, 1.165) is 20.3 Å². The van der Waals surface area contributed by atoms with Gasteiger partial charge in [-0.1, -0.05) is 22.0 Å². The van der Waals surface area contributed by atoms with Gasteiger partial charge in [0.15, 0.2) is 0 Å². The van der Waals surface area contributed by atoms with E-state index in [-0.39, 0.29) is 0 Å². The number of methoxy groups -OCH3 is 1. The van der Waals surface area contributed by atoms with Gasteiger partial charge < -0.3 is 9.47 Å². The van der Waals surface area contributed by atoms with E-state index in [4.69, 9.17) is 14.7 Å². The van der Waals surface area contributed by atoms with Gasteiger partial charge in [-0.2, -0.15) is 5.26 Å². The molecule has 2 aromatic rings. The van der Waals surface area contributed by atoms with Crippen LogP contribution in [0.3, 0.4) is 0 Å². The SMILES string of the molecule is COc1ccc(COc2ccc(Br)cc2C#N)cc1Br. The minimum atomic E-state index is 0.388. The third kappa shape index (κ3) is 3.53. The van der Waals surface area contributed by atoms with Crippen molar-refractivity contribution < 1.29 is 9.47 Å². The van der Waals surface area contributed by atoms with Gasteiger partial charge in [-0.3, -0.25) is 0 Å². The van der Waals surface area contributed by atoms with Gasteiger partial charge in [-0.05, 0) is 51.8 Å². The van der Waals surface area contributed by atoms with Gasteiger partial charge in [0.1, 0.15) is 24.2 Å². The van der Waals surface area contributed by atoms with Crippen molar-refractivity contribution in [3.8, 4) is 17.6 Å². The van der Waals surface area contributed by atoms with Crippen LogP contribution < -0.4 is 9.47 Å². The van der Waals surface area contributed by atoms with Crippen molar-refractivity contribution in [1.29, 1.82) is 5.26 Å². The molecule has 5 heteroatoms. The number of benzene rings is 2. The Morgan fingerprint density at radius 3 is 2.50 bits per heavy atom. The molecule has 0 aliphatic rings. The lowest BCUT2D eigenvalue weighted by molar-refractivity contribution is 0.305. The highest BCUT2D eigenvalue weighted by Crippen LogP contribution is 2.27. The molecule has 0 saturated carbocycles. The Morgan fingerprint density at radius 2 is 1.85 bits per heavy atom. The fourth-order valence-corrected chi connectivity index (χ4v) is 2.63. The van der Waals surface area contributed by atoms with Crippen molar-refractivity contribution in [2.45, 2.75) is 6.61 Å². The third-order valence-electron chi connectivity index (χ3n) is 2.67. The van der Waals surface area contributed by atoms with Gasteiger partial charge in [0.25, 0.3) is 0 Å². The molecule has 0 aromatic heterocycles. The summed E-state index contributed by atoms with van der Waals surface area (Å²) < 4.78 is 12.6. The minimum Gasteiger partial charge on any atom is -0.496 e. The normalized spacial score (nSPS) is 9.90. The summed E-state index contributed by atoms with van der Waals surface area (Å²) in [5.74, 6) is 1.35. The number of hydrogen-bond donors (Lipinski definition) is 0. The first-order valence-electron chi connectivity index (χ1n) is 5.79. The minimum absolute atomic E-state index is 0.388. The molecule has 2 aromatic carbocycles. The summed E-state index contributed by atoms with van der Waals surface area (Å²) >= 11 is 6.76. The van der Waals surface area contributed by atoms with Crippen LogP contribution >= 0.6 is 31.9 Å². The van der Waals surface area contributed by atoms with Crippen LogP contribution in [0.4, 0.5) is 0 Å². The van der Waals surface area contributed by atoms with Gasteiger partial charge in [-0.15, -0.1) is 0 Å². The topological polar surface area (TPSA) is 42.2 Å². The second-order valence-corrected chi connectivity index (χ2v) is 5.78. The summed E-state index contributed by atoms with van der Waals surface area (Å²) in [7, 11) is 1.62. The summed E-state index contributed by atoms with van der Waals surface area (Å²) in [5.41, 5.74) is 1.50. The highest BCUT2D eigenvalue weighted by atomic mass is 79.9. The van der Waals surface area contributed by atoms with Crippen LogP contribution in [0.2, 0.25) is 0 Å². The molecule has 0 heterocycles. The van der Waals surface area contributed by atoms with Gasteiger partial charge >= 0.3 is 0 Å². The summed E-state index contributed by atoms with van der Waals surface area (Å²) in [6.07, 6.45) is 0. The van der Waals surface area contributed by atoms with E-state index < -0.39 is 0 Å². The van der Waals surface area contributed by atoms with Gasteiger partial charge in [-0.25, -0.2) is 0 Å². The van der Waals surface area contributed by atoms with Crippen LogP contribution in [0.15, 0.2) is 45.3 Å². The first kappa shape index (κ1) is 14.9. The molecule has 0 fully saturated rings. The fourth-order valence-electron chi connectivity index (χ4n) is 1.68. The largest absolute Gasteiger partial charge is 0.496 e.